The number of nitrogens with one attached hydrogen (secondary N) is 1. The highest BCUT2D eigenvalue weighted by Gasteiger charge is 2.58. The summed E-state index contributed by atoms with van der Waals surface area (Å²) in [6.45, 7) is 48.4. The molecule has 3 fully saturated rings. The molecule has 0 saturated heterocycles. The molecule has 3 aliphatic rings. The number of hydrogen-bond donors (Lipinski definition) is 2. The molecule has 3 saturated carbocycles. The van der Waals surface area contributed by atoms with Crippen molar-refractivity contribution in [2.75, 3.05) is 6.54 Å². The largest absolute Gasteiger partial charge is 0.379 e. The zero-order valence-corrected chi connectivity index (χ0v) is 33.2. The normalized spacial score (nSPS) is 20.6. The molecule has 3 aliphatic carbocycles. The van der Waals surface area contributed by atoms with Crippen LogP contribution in [0.2, 0.25) is 0 Å². The summed E-state index contributed by atoms with van der Waals surface area (Å²) in [5.41, 5.74) is 10.4. The maximum Gasteiger partial charge on any atom is 0.0499 e. The van der Waals surface area contributed by atoms with Crippen LogP contribution in [0, 0.1) is 40.9 Å². The van der Waals surface area contributed by atoms with Gasteiger partial charge in [-0.3, -0.25) is 0 Å². The zero-order valence-electron chi connectivity index (χ0n) is 33.2. The van der Waals surface area contributed by atoms with E-state index in [-0.39, 0.29) is 0 Å². The standard InChI is InChI=1S/C22H37N.C12H20.C5H11N.C4H8.C2H6/c1-8-17(5)23-21(18-12-10-11-13-18)16(4)14-15(3)20-19(9-2)22(20,6)7;1-6-8-12(9-7-2)11(5)10(3)4;6-4-3-5-1-2-5;1-3-4-2;1-2/h8,15,18-21,23H,1,4-5,9-14H2,2-3,6-7H3;6,12H,1,3,5,7-9H2,2,4H3;5H,1-4,6H2;3H,1,4H2,2H3;1-2H3. The number of allylic oxidation sites excluding steroid dienone is 5. The van der Waals surface area contributed by atoms with Crippen molar-refractivity contribution in [3.05, 3.63) is 86.7 Å². The van der Waals surface area contributed by atoms with Crippen LogP contribution in [0.4, 0.5) is 0 Å². The minimum Gasteiger partial charge on any atom is -0.379 e. The Morgan fingerprint density at radius 3 is 1.83 bits per heavy atom. The lowest BCUT2D eigenvalue weighted by molar-refractivity contribution is 0.373. The summed E-state index contributed by atoms with van der Waals surface area (Å²) in [7, 11) is 0. The van der Waals surface area contributed by atoms with Gasteiger partial charge in [-0.1, -0.05) is 150 Å². The Morgan fingerprint density at radius 1 is 0.936 bits per heavy atom. The van der Waals surface area contributed by atoms with Gasteiger partial charge in [0.05, 0.1) is 0 Å². The second kappa shape index (κ2) is 26.8. The fourth-order valence-corrected chi connectivity index (χ4v) is 7.44. The van der Waals surface area contributed by atoms with E-state index < -0.39 is 0 Å². The van der Waals surface area contributed by atoms with Crippen LogP contribution in [0.15, 0.2) is 86.7 Å². The molecule has 2 nitrogen and oxygen atoms in total. The highest BCUT2D eigenvalue weighted by molar-refractivity contribution is 5.26. The first-order valence-electron chi connectivity index (χ1n) is 19.3. The first-order valence-corrected chi connectivity index (χ1v) is 19.3. The van der Waals surface area contributed by atoms with E-state index in [1.807, 2.05) is 39.0 Å². The lowest BCUT2D eigenvalue weighted by Gasteiger charge is -2.30. The summed E-state index contributed by atoms with van der Waals surface area (Å²) in [6.07, 6.45) is 22.1. The lowest BCUT2D eigenvalue weighted by Crippen LogP contribution is -2.36. The fourth-order valence-electron chi connectivity index (χ4n) is 7.44. The molecule has 47 heavy (non-hydrogen) atoms. The van der Waals surface area contributed by atoms with E-state index >= 15 is 0 Å². The minimum atomic E-state index is 0.382. The van der Waals surface area contributed by atoms with Crippen LogP contribution in [0.5, 0.6) is 0 Å². The molecule has 0 aromatic carbocycles. The summed E-state index contributed by atoms with van der Waals surface area (Å²) in [6, 6.07) is 0.382. The molecular weight excluding hydrogens is 569 g/mol. The predicted molar refractivity (Wildman–Crippen MR) is 218 cm³/mol. The highest BCUT2D eigenvalue weighted by Crippen LogP contribution is 2.64. The molecule has 5 unspecified atom stereocenters. The van der Waals surface area contributed by atoms with Crippen molar-refractivity contribution in [3.8, 4) is 0 Å². The van der Waals surface area contributed by atoms with Gasteiger partial charge in [0.2, 0.25) is 0 Å². The fraction of sp³-hybridized carbons (Fsp3) is 0.689. The molecule has 0 aromatic heterocycles. The molecule has 3 N–H and O–H groups in total. The van der Waals surface area contributed by atoms with Crippen LogP contribution in [0.3, 0.4) is 0 Å². The Bertz CT molecular complexity index is 910. The van der Waals surface area contributed by atoms with E-state index in [1.165, 1.54) is 75.4 Å². The van der Waals surface area contributed by atoms with Gasteiger partial charge in [-0.05, 0) is 111 Å². The van der Waals surface area contributed by atoms with Crippen LogP contribution >= 0.6 is 0 Å². The highest BCUT2D eigenvalue weighted by atomic mass is 14.9. The van der Waals surface area contributed by atoms with Crippen molar-refractivity contribution < 1.29 is 0 Å². The van der Waals surface area contributed by atoms with Gasteiger partial charge in [-0.25, -0.2) is 0 Å². The quantitative estimate of drug-likeness (QED) is 0.114. The molecule has 0 radical (unpaired) electrons. The van der Waals surface area contributed by atoms with Gasteiger partial charge in [0.1, 0.15) is 0 Å². The summed E-state index contributed by atoms with van der Waals surface area (Å²) in [5.74, 6) is 4.79. The van der Waals surface area contributed by atoms with Crippen LogP contribution in [-0.2, 0) is 0 Å². The molecule has 0 bridgehead atoms. The molecule has 0 amide bonds. The molecule has 5 atom stereocenters. The molecule has 0 aromatic rings. The van der Waals surface area contributed by atoms with E-state index in [4.69, 9.17) is 5.73 Å². The second-order valence-electron chi connectivity index (χ2n) is 14.6. The zero-order chi connectivity index (χ0) is 36.6. The van der Waals surface area contributed by atoms with Crippen LogP contribution in [0.25, 0.3) is 0 Å². The smallest absolute Gasteiger partial charge is 0.0499 e. The summed E-state index contributed by atoms with van der Waals surface area (Å²) >= 11 is 0. The average molecular weight is 651 g/mol. The average Bonchev–Trinajstić information content (AvgIpc) is 3.90. The van der Waals surface area contributed by atoms with Crippen molar-refractivity contribution in [1.82, 2.24) is 5.32 Å². The van der Waals surface area contributed by atoms with Gasteiger partial charge >= 0.3 is 0 Å². The monoisotopic (exact) mass is 651 g/mol. The molecule has 272 valence electrons. The Balaban J connectivity index is 0. The first-order chi connectivity index (χ1) is 22.3. The van der Waals surface area contributed by atoms with Gasteiger partial charge in [0.15, 0.2) is 0 Å². The maximum atomic E-state index is 5.27. The van der Waals surface area contributed by atoms with Crippen LogP contribution in [0.1, 0.15) is 146 Å². The van der Waals surface area contributed by atoms with Gasteiger partial charge in [0.25, 0.3) is 0 Å². The van der Waals surface area contributed by atoms with Crippen molar-refractivity contribution in [2.24, 2.45) is 46.7 Å². The molecule has 0 aliphatic heterocycles. The van der Waals surface area contributed by atoms with Crippen molar-refractivity contribution in [2.45, 2.75) is 152 Å². The third-order valence-corrected chi connectivity index (χ3v) is 10.4. The third-order valence-electron chi connectivity index (χ3n) is 10.4. The summed E-state index contributed by atoms with van der Waals surface area (Å²) in [4.78, 5) is 0. The SMILES string of the molecule is C=CC(=C)NC(C(=C)CC(C)C1C(CC)C1(C)C)C1CCCC1.C=CCC.C=CCC(CCC)C(=C)C(=C)C.CC.NCCC1CC1. The van der Waals surface area contributed by atoms with E-state index in [2.05, 4.69) is 92.9 Å². The molecule has 0 heterocycles. The lowest BCUT2D eigenvalue weighted by atomic mass is 9.84. The Kier molecular flexibility index (Phi) is 26.9. The minimum absolute atomic E-state index is 0.382. The molecule has 0 spiro atoms. The van der Waals surface area contributed by atoms with Crippen LogP contribution in [-0.4, -0.2) is 12.6 Å². The van der Waals surface area contributed by atoms with E-state index in [1.54, 1.807) is 0 Å². The van der Waals surface area contributed by atoms with Gasteiger partial charge in [-0.2, -0.15) is 0 Å². The Morgan fingerprint density at radius 2 is 1.49 bits per heavy atom. The van der Waals surface area contributed by atoms with Crippen molar-refractivity contribution in [1.29, 1.82) is 0 Å². The van der Waals surface area contributed by atoms with Crippen molar-refractivity contribution >= 4 is 0 Å². The topological polar surface area (TPSA) is 38.0 Å². The molecule has 2 heteroatoms. The van der Waals surface area contributed by atoms with Crippen molar-refractivity contribution in [3.63, 3.8) is 0 Å². The number of rotatable bonds is 18. The van der Waals surface area contributed by atoms with Crippen LogP contribution < -0.4 is 11.1 Å². The predicted octanol–water partition coefficient (Wildman–Crippen LogP) is 13.6. The van der Waals surface area contributed by atoms with E-state index in [0.717, 1.165) is 66.7 Å². The summed E-state index contributed by atoms with van der Waals surface area (Å²) in [5, 5.41) is 3.61. The van der Waals surface area contributed by atoms with E-state index in [0.29, 0.717) is 17.4 Å². The Hall–Kier alpha value is -2.06. The van der Waals surface area contributed by atoms with Gasteiger partial charge in [-0.15, -0.1) is 13.2 Å². The van der Waals surface area contributed by atoms with E-state index in [9.17, 15) is 0 Å². The van der Waals surface area contributed by atoms with Gasteiger partial charge in [0, 0.05) is 11.7 Å². The maximum absolute atomic E-state index is 5.27. The molecular formula is C45H82N2. The Labute approximate surface area is 296 Å². The third kappa shape index (κ3) is 18.9. The first kappa shape index (κ1) is 47.1. The number of nitrogens with two attached hydrogens (primary N) is 1. The molecule has 3 rings (SSSR count). The number of hydrogen-bond acceptors (Lipinski definition) is 2. The second-order valence-corrected chi connectivity index (χ2v) is 14.6. The van der Waals surface area contributed by atoms with Gasteiger partial charge < -0.3 is 11.1 Å². The summed E-state index contributed by atoms with van der Waals surface area (Å²) < 4.78 is 0.